The number of hydrogen-bond acceptors (Lipinski definition) is 4. The number of carbonyl (C=O) groups is 2. The summed E-state index contributed by atoms with van der Waals surface area (Å²) >= 11 is 1.49. The van der Waals surface area contributed by atoms with Crippen molar-refractivity contribution in [2.45, 2.75) is 43.8 Å². The van der Waals surface area contributed by atoms with Crippen LogP contribution in [0.15, 0.2) is 53.4 Å². The van der Waals surface area contributed by atoms with Crippen LogP contribution in [0.2, 0.25) is 0 Å². The molecule has 5 nitrogen and oxygen atoms in total. The van der Waals surface area contributed by atoms with Gasteiger partial charge in [0.2, 0.25) is 11.8 Å². The van der Waals surface area contributed by atoms with E-state index in [1.165, 1.54) is 37.2 Å². The van der Waals surface area contributed by atoms with Crippen molar-refractivity contribution < 1.29 is 9.59 Å². The Morgan fingerprint density at radius 1 is 0.966 bits per heavy atom. The standard InChI is InChI=1S/C23H29N3O2S/c1-16-12-14-26(15-13-16)21-8-4-20(5-9-21)25-23(28)17(2)29-22-10-6-19(7-11-22)24-18(3)27/h4-11,16-17H,12-15H2,1-3H3,(H,24,27)(H,25,28). The van der Waals surface area contributed by atoms with Crippen molar-refractivity contribution in [1.82, 2.24) is 0 Å². The first-order chi connectivity index (χ1) is 13.9. The second-order valence-corrected chi connectivity index (χ2v) is 9.09. The minimum Gasteiger partial charge on any atom is -0.372 e. The Kier molecular flexibility index (Phi) is 7.20. The number of piperidine rings is 1. The summed E-state index contributed by atoms with van der Waals surface area (Å²) < 4.78 is 0. The lowest BCUT2D eigenvalue weighted by Crippen LogP contribution is -2.32. The predicted octanol–water partition coefficient (Wildman–Crippen LogP) is 5.00. The van der Waals surface area contributed by atoms with Crippen LogP contribution in [0.1, 0.15) is 33.6 Å². The average molecular weight is 412 g/mol. The number of amides is 2. The fourth-order valence-corrected chi connectivity index (χ4v) is 4.21. The van der Waals surface area contributed by atoms with Gasteiger partial charge in [0.05, 0.1) is 5.25 Å². The summed E-state index contributed by atoms with van der Waals surface area (Å²) in [6.45, 7) is 7.88. The zero-order valence-electron chi connectivity index (χ0n) is 17.3. The number of nitrogens with zero attached hydrogens (tertiary/aromatic N) is 1. The fourth-order valence-electron chi connectivity index (χ4n) is 3.34. The van der Waals surface area contributed by atoms with Crippen LogP contribution in [0, 0.1) is 5.92 Å². The molecule has 1 aliphatic heterocycles. The Balaban J connectivity index is 1.52. The molecule has 2 amide bonds. The minimum atomic E-state index is -0.232. The molecule has 1 atom stereocenters. The van der Waals surface area contributed by atoms with E-state index in [9.17, 15) is 9.59 Å². The molecule has 6 heteroatoms. The summed E-state index contributed by atoms with van der Waals surface area (Å²) in [5, 5.41) is 5.51. The lowest BCUT2D eigenvalue weighted by atomic mass is 9.99. The number of thioether (sulfide) groups is 1. The Bertz CT molecular complexity index is 828. The Hall–Kier alpha value is -2.47. The van der Waals surface area contributed by atoms with Crippen molar-refractivity contribution in [3.63, 3.8) is 0 Å². The van der Waals surface area contributed by atoms with E-state index in [-0.39, 0.29) is 17.1 Å². The van der Waals surface area contributed by atoms with Crippen LogP contribution < -0.4 is 15.5 Å². The van der Waals surface area contributed by atoms with Crippen LogP contribution in [0.4, 0.5) is 17.1 Å². The van der Waals surface area contributed by atoms with Gasteiger partial charge in [-0.3, -0.25) is 9.59 Å². The number of carbonyl (C=O) groups excluding carboxylic acids is 2. The summed E-state index contributed by atoms with van der Waals surface area (Å²) in [5.74, 6) is 0.685. The van der Waals surface area contributed by atoms with Gasteiger partial charge >= 0.3 is 0 Å². The molecule has 0 radical (unpaired) electrons. The summed E-state index contributed by atoms with van der Waals surface area (Å²) in [6, 6.07) is 15.6. The third-order valence-corrected chi connectivity index (χ3v) is 6.25. The molecule has 1 saturated heterocycles. The molecular weight excluding hydrogens is 382 g/mol. The van der Waals surface area contributed by atoms with Gasteiger partial charge in [0.15, 0.2) is 0 Å². The van der Waals surface area contributed by atoms with Crippen molar-refractivity contribution in [3.05, 3.63) is 48.5 Å². The van der Waals surface area contributed by atoms with E-state index in [2.05, 4.69) is 34.6 Å². The number of hydrogen-bond donors (Lipinski definition) is 2. The molecule has 154 valence electrons. The highest BCUT2D eigenvalue weighted by atomic mass is 32.2. The van der Waals surface area contributed by atoms with Gasteiger partial charge in [-0.2, -0.15) is 0 Å². The topological polar surface area (TPSA) is 61.4 Å². The first kappa shape index (κ1) is 21.2. The lowest BCUT2D eigenvalue weighted by molar-refractivity contribution is -0.115. The van der Waals surface area contributed by atoms with Gasteiger partial charge in [-0.05, 0) is 74.2 Å². The molecule has 1 aliphatic rings. The van der Waals surface area contributed by atoms with Gasteiger partial charge in [-0.1, -0.05) is 6.92 Å². The molecule has 2 N–H and O–H groups in total. The summed E-state index contributed by atoms with van der Waals surface area (Å²) in [6.07, 6.45) is 2.47. The highest BCUT2D eigenvalue weighted by Crippen LogP contribution is 2.27. The Morgan fingerprint density at radius 2 is 1.52 bits per heavy atom. The van der Waals surface area contributed by atoms with Crippen molar-refractivity contribution in [3.8, 4) is 0 Å². The molecule has 0 bridgehead atoms. The maximum atomic E-state index is 12.6. The predicted molar refractivity (Wildman–Crippen MR) is 122 cm³/mol. The number of benzene rings is 2. The monoisotopic (exact) mass is 411 g/mol. The van der Waals surface area contributed by atoms with Crippen LogP contribution in [-0.2, 0) is 9.59 Å². The highest BCUT2D eigenvalue weighted by Gasteiger charge is 2.17. The molecule has 1 fully saturated rings. The van der Waals surface area contributed by atoms with Crippen LogP contribution >= 0.6 is 11.8 Å². The lowest BCUT2D eigenvalue weighted by Gasteiger charge is -2.32. The molecule has 0 aromatic heterocycles. The number of anilines is 3. The second kappa shape index (κ2) is 9.83. The van der Waals surface area contributed by atoms with Gasteiger partial charge in [-0.25, -0.2) is 0 Å². The molecule has 0 spiro atoms. The van der Waals surface area contributed by atoms with E-state index in [0.29, 0.717) is 0 Å². The third kappa shape index (κ3) is 6.26. The van der Waals surface area contributed by atoms with Crippen molar-refractivity contribution in [2.24, 2.45) is 5.92 Å². The number of nitrogens with one attached hydrogen (secondary N) is 2. The molecule has 1 unspecified atom stereocenters. The zero-order valence-corrected chi connectivity index (χ0v) is 18.1. The summed E-state index contributed by atoms with van der Waals surface area (Å²) in [7, 11) is 0. The summed E-state index contributed by atoms with van der Waals surface area (Å²) in [4.78, 5) is 27.0. The molecule has 0 saturated carbocycles. The van der Waals surface area contributed by atoms with Gasteiger partial charge in [0, 0.05) is 42.0 Å². The van der Waals surface area contributed by atoms with Crippen LogP contribution in [-0.4, -0.2) is 30.2 Å². The minimum absolute atomic E-state index is 0.0273. The second-order valence-electron chi connectivity index (χ2n) is 7.67. The molecule has 29 heavy (non-hydrogen) atoms. The normalized spacial score (nSPS) is 15.6. The molecule has 3 rings (SSSR count). The Morgan fingerprint density at radius 3 is 2.10 bits per heavy atom. The molecular formula is C23H29N3O2S. The van der Waals surface area contributed by atoms with Crippen LogP contribution in [0.25, 0.3) is 0 Å². The largest absolute Gasteiger partial charge is 0.372 e. The molecule has 1 heterocycles. The van der Waals surface area contributed by atoms with Crippen molar-refractivity contribution in [1.29, 1.82) is 0 Å². The van der Waals surface area contributed by atoms with Crippen molar-refractivity contribution in [2.75, 3.05) is 28.6 Å². The van der Waals surface area contributed by atoms with Gasteiger partial charge in [-0.15, -0.1) is 11.8 Å². The van der Waals surface area contributed by atoms with E-state index >= 15 is 0 Å². The quantitative estimate of drug-likeness (QED) is 0.657. The first-order valence-corrected chi connectivity index (χ1v) is 11.0. The average Bonchev–Trinajstić information content (AvgIpc) is 2.70. The van der Waals surface area contributed by atoms with E-state index in [0.717, 1.165) is 35.3 Å². The first-order valence-electron chi connectivity index (χ1n) is 10.1. The van der Waals surface area contributed by atoms with Gasteiger partial charge < -0.3 is 15.5 Å². The molecule has 0 aliphatic carbocycles. The van der Waals surface area contributed by atoms with Crippen LogP contribution in [0.3, 0.4) is 0 Å². The zero-order chi connectivity index (χ0) is 20.8. The Labute approximate surface area is 177 Å². The van der Waals surface area contributed by atoms with Crippen molar-refractivity contribution >= 4 is 40.6 Å². The maximum Gasteiger partial charge on any atom is 0.237 e. The van der Waals surface area contributed by atoms with E-state index in [1.807, 2.05) is 43.3 Å². The van der Waals surface area contributed by atoms with E-state index in [1.54, 1.807) is 0 Å². The fraction of sp³-hybridized carbons (Fsp3) is 0.391. The molecule has 2 aromatic carbocycles. The van der Waals surface area contributed by atoms with E-state index < -0.39 is 0 Å². The van der Waals surface area contributed by atoms with Crippen LogP contribution in [0.5, 0.6) is 0 Å². The maximum absolute atomic E-state index is 12.6. The van der Waals surface area contributed by atoms with E-state index in [4.69, 9.17) is 0 Å². The van der Waals surface area contributed by atoms with Gasteiger partial charge in [0.25, 0.3) is 0 Å². The SMILES string of the molecule is CC(=O)Nc1ccc(SC(C)C(=O)Nc2ccc(N3CCC(C)CC3)cc2)cc1. The third-order valence-electron chi connectivity index (χ3n) is 5.14. The molecule has 2 aromatic rings. The smallest absolute Gasteiger partial charge is 0.237 e. The number of rotatable bonds is 6. The summed E-state index contributed by atoms with van der Waals surface area (Å²) in [5.41, 5.74) is 2.79. The highest BCUT2D eigenvalue weighted by molar-refractivity contribution is 8.00. The van der Waals surface area contributed by atoms with Gasteiger partial charge in [0.1, 0.15) is 0 Å².